The maximum Gasteiger partial charge on any atom is 0.125 e. The molecule has 0 aromatic carbocycles. The molecule has 0 aliphatic carbocycles. The van der Waals surface area contributed by atoms with Gasteiger partial charge in [0.2, 0.25) is 0 Å². The first-order valence-corrected chi connectivity index (χ1v) is 2.63. The first kappa shape index (κ1) is 4.91. The van der Waals surface area contributed by atoms with Gasteiger partial charge in [-0.2, -0.15) is 5.10 Å². The maximum atomic E-state index is 5.66. The quantitative estimate of drug-likeness (QED) is 0.341. The van der Waals surface area contributed by atoms with Crippen LogP contribution in [0.3, 0.4) is 0 Å². The molecule has 1 unspecified atom stereocenters. The van der Waals surface area contributed by atoms with E-state index in [9.17, 15) is 0 Å². The lowest BCUT2D eigenvalue weighted by molar-refractivity contribution is 0.358. The average Bonchev–Trinajstić information content (AvgIpc) is 1.91. The molecule has 0 radical (unpaired) electrons. The lowest BCUT2D eigenvalue weighted by Crippen LogP contribution is -2.14. The van der Waals surface area contributed by atoms with E-state index >= 15 is 0 Å². The molecule has 7 heavy (non-hydrogen) atoms. The lowest BCUT2D eigenvalue weighted by Gasteiger charge is -2.09. The molecular weight excluding hydrogens is 112 g/mol. The van der Waals surface area contributed by atoms with Gasteiger partial charge in [-0.3, -0.25) is 5.01 Å². The molecule has 0 fully saturated rings. The van der Waals surface area contributed by atoms with Crippen molar-refractivity contribution >= 4 is 17.8 Å². The fourth-order valence-corrected chi connectivity index (χ4v) is 0.618. The van der Waals surface area contributed by atoms with Gasteiger partial charge in [-0.1, -0.05) is 11.6 Å². The smallest absolute Gasteiger partial charge is 0.125 e. The van der Waals surface area contributed by atoms with E-state index in [1.54, 1.807) is 5.01 Å². The van der Waals surface area contributed by atoms with Crippen molar-refractivity contribution in [3.05, 3.63) is 0 Å². The summed E-state index contributed by atoms with van der Waals surface area (Å²) in [7, 11) is 1.86. The van der Waals surface area contributed by atoms with Gasteiger partial charge in [0.25, 0.3) is 0 Å². The molecule has 0 spiro atoms. The topological polar surface area (TPSA) is 15.6 Å². The molecule has 0 saturated heterocycles. The largest absolute Gasteiger partial charge is 0.282 e. The summed E-state index contributed by atoms with van der Waals surface area (Å²) in [5, 5.41) is 5.63. The number of alkyl halides is 1. The van der Waals surface area contributed by atoms with Crippen molar-refractivity contribution in [3.8, 4) is 0 Å². The summed E-state index contributed by atoms with van der Waals surface area (Å²) in [6.07, 6.45) is 2.69. The Labute approximate surface area is 47.8 Å². The Hall–Kier alpha value is -0.240. The predicted octanol–water partition coefficient (Wildman–Crippen LogP) is 0.873. The van der Waals surface area contributed by atoms with E-state index in [0.717, 1.165) is 6.42 Å². The highest BCUT2D eigenvalue weighted by Crippen LogP contribution is 2.10. The SMILES string of the molecule is CN1N=CCC1Cl. The van der Waals surface area contributed by atoms with E-state index in [1.807, 2.05) is 13.3 Å². The highest BCUT2D eigenvalue weighted by molar-refractivity contribution is 6.21. The molecule has 1 aliphatic heterocycles. The standard InChI is InChI=1S/C4H7ClN2/c1-7-4(5)2-3-6-7/h3-4H,2H2,1H3. The predicted molar refractivity (Wildman–Crippen MR) is 30.5 cm³/mol. The average molecular weight is 119 g/mol. The van der Waals surface area contributed by atoms with Crippen molar-refractivity contribution in [1.82, 2.24) is 5.01 Å². The zero-order valence-corrected chi connectivity index (χ0v) is 4.89. The molecule has 0 aromatic rings. The van der Waals surface area contributed by atoms with E-state index in [1.165, 1.54) is 0 Å². The van der Waals surface area contributed by atoms with Crippen molar-refractivity contribution in [3.63, 3.8) is 0 Å². The summed E-state index contributed by atoms with van der Waals surface area (Å²) >= 11 is 5.66. The first-order chi connectivity index (χ1) is 3.30. The molecule has 3 heteroatoms. The second-order valence-corrected chi connectivity index (χ2v) is 2.05. The van der Waals surface area contributed by atoms with Crippen LogP contribution in [0.5, 0.6) is 0 Å². The molecular formula is C4H7ClN2. The molecule has 0 saturated carbocycles. The summed E-state index contributed by atoms with van der Waals surface area (Å²) in [4.78, 5) is 0. The first-order valence-electron chi connectivity index (χ1n) is 2.20. The van der Waals surface area contributed by atoms with E-state index < -0.39 is 0 Å². The highest BCUT2D eigenvalue weighted by atomic mass is 35.5. The second-order valence-electron chi connectivity index (χ2n) is 1.54. The van der Waals surface area contributed by atoms with Crippen molar-refractivity contribution in [2.24, 2.45) is 5.10 Å². The van der Waals surface area contributed by atoms with E-state index in [0.29, 0.717) is 0 Å². The third-order valence-electron chi connectivity index (χ3n) is 0.969. The monoisotopic (exact) mass is 118 g/mol. The van der Waals surface area contributed by atoms with Gasteiger partial charge in [0.15, 0.2) is 0 Å². The van der Waals surface area contributed by atoms with Gasteiger partial charge in [-0.05, 0) is 0 Å². The van der Waals surface area contributed by atoms with Crippen LogP contribution in [0.25, 0.3) is 0 Å². The molecule has 2 nitrogen and oxygen atoms in total. The number of hydrogen-bond acceptors (Lipinski definition) is 2. The van der Waals surface area contributed by atoms with Crippen molar-refractivity contribution in [2.75, 3.05) is 7.05 Å². The number of rotatable bonds is 0. The number of nitrogens with zero attached hydrogens (tertiary/aromatic N) is 2. The normalized spacial score (nSPS) is 29.4. The van der Waals surface area contributed by atoms with Gasteiger partial charge in [0, 0.05) is 19.7 Å². The number of hydrogen-bond donors (Lipinski definition) is 0. The molecule has 1 heterocycles. The maximum absolute atomic E-state index is 5.66. The van der Waals surface area contributed by atoms with Gasteiger partial charge in [0.05, 0.1) is 0 Å². The van der Waals surface area contributed by atoms with Crippen LogP contribution in [0.1, 0.15) is 6.42 Å². The van der Waals surface area contributed by atoms with Crippen molar-refractivity contribution in [1.29, 1.82) is 0 Å². The third-order valence-corrected chi connectivity index (χ3v) is 1.43. The number of halogens is 1. The summed E-state index contributed by atoms with van der Waals surface area (Å²) in [6.45, 7) is 0. The lowest BCUT2D eigenvalue weighted by atomic mass is 10.5. The van der Waals surface area contributed by atoms with Crippen LogP contribution < -0.4 is 0 Å². The van der Waals surface area contributed by atoms with Crippen LogP contribution in [-0.4, -0.2) is 23.8 Å². The van der Waals surface area contributed by atoms with Gasteiger partial charge < -0.3 is 0 Å². The fraction of sp³-hybridized carbons (Fsp3) is 0.750. The molecule has 1 aliphatic rings. The Kier molecular flexibility index (Phi) is 1.19. The van der Waals surface area contributed by atoms with Crippen LogP contribution in [0.15, 0.2) is 5.10 Å². The summed E-state index contributed by atoms with van der Waals surface area (Å²) < 4.78 is 0. The summed E-state index contributed by atoms with van der Waals surface area (Å²) in [5.41, 5.74) is 0.0972. The fourth-order valence-electron chi connectivity index (χ4n) is 0.488. The minimum Gasteiger partial charge on any atom is -0.282 e. The van der Waals surface area contributed by atoms with Crippen LogP contribution >= 0.6 is 11.6 Å². The van der Waals surface area contributed by atoms with Crippen LogP contribution in [0.4, 0.5) is 0 Å². The molecule has 0 N–H and O–H groups in total. The van der Waals surface area contributed by atoms with Crippen molar-refractivity contribution < 1.29 is 0 Å². The van der Waals surface area contributed by atoms with Crippen LogP contribution in [0.2, 0.25) is 0 Å². The highest BCUT2D eigenvalue weighted by Gasteiger charge is 2.11. The van der Waals surface area contributed by atoms with E-state index in [-0.39, 0.29) is 5.50 Å². The Balaban J connectivity index is 2.45. The van der Waals surface area contributed by atoms with E-state index in [4.69, 9.17) is 11.6 Å². The van der Waals surface area contributed by atoms with Gasteiger partial charge in [-0.25, -0.2) is 0 Å². The van der Waals surface area contributed by atoms with E-state index in [2.05, 4.69) is 5.10 Å². The molecule has 0 amide bonds. The Bertz CT molecular complexity index is 91.7. The van der Waals surface area contributed by atoms with Crippen molar-refractivity contribution in [2.45, 2.75) is 11.9 Å². The van der Waals surface area contributed by atoms with Crippen LogP contribution in [-0.2, 0) is 0 Å². The Morgan fingerprint density at radius 1 is 2.00 bits per heavy atom. The molecule has 0 aromatic heterocycles. The zero-order chi connectivity index (χ0) is 5.28. The minimum absolute atomic E-state index is 0.0972. The van der Waals surface area contributed by atoms with Crippen LogP contribution in [0, 0.1) is 0 Å². The Morgan fingerprint density at radius 3 is 2.86 bits per heavy atom. The molecule has 1 atom stereocenters. The molecule has 0 bridgehead atoms. The molecule has 40 valence electrons. The van der Waals surface area contributed by atoms with Gasteiger partial charge in [-0.15, -0.1) is 0 Å². The third kappa shape index (κ3) is 0.855. The zero-order valence-electron chi connectivity index (χ0n) is 4.13. The number of hydrazone groups is 1. The summed E-state index contributed by atoms with van der Waals surface area (Å²) in [5.74, 6) is 0. The minimum atomic E-state index is 0.0972. The van der Waals surface area contributed by atoms with Gasteiger partial charge >= 0.3 is 0 Å². The molecule has 1 rings (SSSR count). The van der Waals surface area contributed by atoms with Gasteiger partial charge in [0.1, 0.15) is 5.50 Å². The Morgan fingerprint density at radius 2 is 2.71 bits per heavy atom. The summed E-state index contributed by atoms with van der Waals surface area (Å²) in [6, 6.07) is 0. The second kappa shape index (κ2) is 1.70.